The van der Waals surface area contributed by atoms with Crippen LogP contribution < -0.4 is 10.0 Å². The van der Waals surface area contributed by atoms with Crippen LogP contribution in [-0.2, 0) is 14.8 Å². The van der Waals surface area contributed by atoms with Crippen LogP contribution in [0.2, 0.25) is 0 Å². The van der Waals surface area contributed by atoms with Crippen molar-refractivity contribution in [1.29, 1.82) is 0 Å². The summed E-state index contributed by atoms with van der Waals surface area (Å²) in [6.07, 6.45) is 0.624. The number of rotatable bonds is 8. The van der Waals surface area contributed by atoms with Gasteiger partial charge < -0.3 is 4.74 Å². The first-order chi connectivity index (χ1) is 9.96. The van der Waals surface area contributed by atoms with E-state index in [1.165, 1.54) is 0 Å². The molecule has 6 nitrogen and oxygen atoms in total. The number of halogens is 1. The second kappa shape index (κ2) is 8.74. The quantitative estimate of drug-likeness (QED) is 0.565. The van der Waals surface area contributed by atoms with Crippen molar-refractivity contribution >= 4 is 39.1 Å². The van der Waals surface area contributed by atoms with Crippen molar-refractivity contribution in [2.24, 2.45) is 0 Å². The van der Waals surface area contributed by atoms with Crippen LogP contribution in [0.3, 0.4) is 0 Å². The third kappa shape index (κ3) is 7.19. The minimum atomic E-state index is -3.37. The van der Waals surface area contributed by atoms with Gasteiger partial charge in [-0.05, 0) is 44.0 Å². The highest BCUT2D eigenvalue weighted by atomic mass is 35.5. The lowest BCUT2D eigenvalue weighted by atomic mass is 10.3. The molecule has 0 fully saturated rings. The van der Waals surface area contributed by atoms with Crippen molar-refractivity contribution in [3.05, 3.63) is 24.3 Å². The molecule has 0 saturated heterocycles. The van der Waals surface area contributed by atoms with Crippen molar-refractivity contribution < 1.29 is 17.9 Å². The molecule has 21 heavy (non-hydrogen) atoms. The monoisotopic (exact) mass is 334 g/mol. The Morgan fingerprint density at radius 3 is 2.38 bits per heavy atom. The highest BCUT2D eigenvalue weighted by Crippen LogP contribution is 2.15. The zero-order valence-corrected chi connectivity index (χ0v) is 13.3. The fourth-order valence-electron chi connectivity index (χ4n) is 1.52. The minimum absolute atomic E-state index is 0.0303. The summed E-state index contributed by atoms with van der Waals surface area (Å²) in [7, 11) is -3.37. The predicted octanol–water partition coefficient (Wildman–Crippen LogP) is 3.02. The fourth-order valence-corrected chi connectivity index (χ4v) is 2.89. The van der Waals surface area contributed by atoms with Crippen molar-refractivity contribution in [3.63, 3.8) is 0 Å². The number of alkyl halides is 1. The van der Waals surface area contributed by atoms with E-state index in [1.54, 1.807) is 31.2 Å². The van der Waals surface area contributed by atoms with Crippen LogP contribution in [0.5, 0.6) is 0 Å². The molecule has 0 bridgehead atoms. The van der Waals surface area contributed by atoms with E-state index in [2.05, 4.69) is 10.0 Å². The van der Waals surface area contributed by atoms with Gasteiger partial charge in [0.05, 0.1) is 12.4 Å². The zero-order chi connectivity index (χ0) is 15.7. The molecule has 1 aromatic rings. The van der Waals surface area contributed by atoms with Crippen LogP contribution in [0, 0.1) is 0 Å². The second-order valence-electron chi connectivity index (χ2n) is 4.24. The summed E-state index contributed by atoms with van der Waals surface area (Å²) in [4.78, 5) is 11.2. The second-order valence-corrected chi connectivity index (χ2v) is 6.46. The summed E-state index contributed by atoms with van der Waals surface area (Å²) in [6.45, 7) is 1.99. The molecule has 0 aliphatic rings. The summed E-state index contributed by atoms with van der Waals surface area (Å²) in [5.74, 6) is 0.478. The van der Waals surface area contributed by atoms with Crippen LogP contribution in [-0.4, -0.2) is 32.8 Å². The Hall–Kier alpha value is -1.47. The molecule has 1 amide bonds. The molecule has 0 aromatic heterocycles. The van der Waals surface area contributed by atoms with Gasteiger partial charge in [-0.3, -0.25) is 10.0 Å². The number of carbonyl (C=O) groups excluding carboxylic acids is 1. The number of hydrogen-bond donors (Lipinski definition) is 2. The van der Waals surface area contributed by atoms with E-state index in [0.717, 1.165) is 0 Å². The van der Waals surface area contributed by atoms with Gasteiger partial charge in [0, 0.05) is 17.3 Å². The summed E-state index contributed by atoms with van der Waals surface area (Å²) in [5, 5.41) is 2.52. The van der Waals surface area contributed by atoms with Gasteiger partial charge >= 0.3 is 6.09 Å². The molecule has 0 spiro atoms. The van der Waals surface area contributed by atoms with E-state index >= 15 is 0 Å². The predicted molar refractivity (Wildman–Crippen MR) is 84.5 cm³/mol. The molecule has 1 aromatic carbocycles. The lowest BCUT2D eigenvalue weighted by molar-refractivity contribution is 0.168. The Kier molecular flexibility index (Phi) is 7.31. The number of nitrogens with one attached hydrogen (secondary N) is 2. The average molecular weight is 335 g/mol. The molecule has 0 unspecified atom stereocenters. The van der Waals surface area contributed by atoms with Crippen molar-refractivity contribution in [2.45, 2.75) is 19.8 Å². The lowest BCUT2D eigenvalue weighted by Crippen LogP contribution is -2.17. The largest absolute Gasteiger partial charge is 0.450 e. The molecule has 0 radical (unpaired) electrons. The number of sulfonamides is 1. The van der Waals surface area contributed by atoms with Gasteiger partial charge in [0.1, 0.15) is 0 Å². The van der Waals surface area contributed by atoms with Gasteiger partial charge in [0.2, 0.25) is 10.0 Å². The van der Waals surface area contributed by atoms with E-state index < -0.39 is 16.1 Å². The molecule has 2 N–H and O–H groups in total. The van der Waals surface area contributed by atoms with E-state index in [4.69, 9.17) is 16.3 Å². The third-order valence-electron chi connectivity index (χ3n) is 2.48. The minimum Gasteiger partial charge on any atom is -0.450 e. The first-order valence-corrected chi connectivity index (χ1v) is 8.76. The summed E-state index contributed by atoms with van der Waals surface area (Å²) < 4.78 is 30.8. The first-order valence-electron chi connectivity index (χ1n) is 6.57. The average Bonchev–Trinajstić information content (AvgIpc) is 2.41. The topological polar surface area (TPSA) is 84.5 Å². The van der Waals surface area contributed by atoms with Crippen LogP contribution in [0.25, 0.3) is 0 Å². The molecular formula is C13H19ClN2O4S. The number of benzene rings is 1. The number of hydrogen-bond acceptors (Lipinski definition) is 4. The highest BCUT2D eigenvalue weighted by Gasteiger charge is 2.10. The molecule has 0 saturated carbocycles. The molecule has 8 heteroatoms. The molecular weight excluding hydrogens is 316 g/mol. The third-order valence-corrected chi connectivity index (χ3v) is 4.12. The Morgan fingerprint density at radius 2 is 1.81 bits per heavy atom. The summed E-state index contributed by atoms with van der Waals surface area (Å²) in [6, 6.07) is 6.32. The zero-order valence-electron chi connectivity index (χ0n) is 11.8. The van der Waals surface area contributed by atoms with Gasteiger partial charge in [-0.2, -0.15) is 0 Å². The standard InChI is InChI=1S/C13H19ClN2O4S/c1-2-20-13(17)15-11-5-7-12(8-6-11)16-21(18,19)10-4-3-9-14/h5-8,16H,2-4,9-10H2,1H3,(H,15,17). The van der Waals surface area contributed by atoms with E-state index in [-0.39, 0.29) is 12.4 Å². The first kappa shape index (κ1) is 17.6. The van der Waals surface area contributed by atoms with Crippen molar-refractivity contribution in [3.8, 4) is 0 Å². The maximum Gasteiger partial charge on any atom is 0.411 e. The molecule has 0 aliphatic carbocycles. The highest BCUT2D eigenvalue weighted by molar-refractivity contribution is 7.92. The molecule has 0 atom stereocenters. The number of unbranched alkanes of at least 4 members (excludes halogenated alkanes) is 1. The van der Waals surface area contributed by atoms with Gasteiger partial charge in [0.25, 0.3) is 0 Å². The Morgan fingerprint density at radius 1 is 1.19 bits per heavy atom. The summed E-state index contributed by atoms with van der Waals surface area (Å²) >= 11 is 5.51. The number of amides is 1. The Balaban J connectivity index is 2.56. The maximum atomic E-state index is 11.8. The number of carbonyl (C=O) groups is 1. The van der Waals surface area contributed by atoms with Crippen LogP contribution in [0.4, 0.5) is 16.2 Å². The molecule has 0 heterocycles. The van der Waals surface area contributed by atoms with Crippen LogP contribution in [0.15, 0.2) is 24.3 Å². The van der Waals surface area contributed by atoms with Crippen LogP contribution in [0.1, 0.15) is 19.8 Å². The van der Waals surface area contributed by atoms with Gasteiger partial charge in [-0.15, -0.1) is 11.6 Å². The maximum absolute atomic E-state index is 11.8. The Bertz CT molecular complexity index is 546. The van der Waals surface area contributed by atoms with E-state index in [0.29, 0.717) is 30.1 Å². The molecule has 1 rings (SSSR count). The number of anilines is 2. The molecule has 118 valence electrons. The molecule has 0 aliphatic heterocycles. The Labute approximate surface area is 129 Å². The van der Waals surface area contributed by atoms with Crippen molar-refractivity contribution in [2.75, 3.05) is 28.3 Å². The summed E-state index contributed by atoms with van der Waals surface area (Å²) in [5.41, 5.74) is 0.967. The number of ether oxygens (including phenoxy) is 1. The van der Waals surface area contributed by atoms with Crippen molar-refractivity contribution in [1.82, 2.24) is 0 Å². The van der Waals surface area contributed by atoms with Crippen LogP contribution >= 0.6 is 11.6 Å². The van der Waals surface area contributed by atoms with Gasteiger partial charge in [0.15, 0.2) is 0 Å². The van der Waals surface area contributed by atoms with Gasteiger partial charge in [-0.1, -0.05) is 0 Å². The van der Waals surface area contributed by atoms with Gasteiger partial charge in [-0.25, -0.2) is 13.2 Å². The lowest BCUT2D eigenvalue weighted by Gasteiger charge is -2.09. The SMILES string of the molecule is CCOC(=O)Nc1ccc(NS(=O)(=O)CCCCCl)cc1. The van der Waals surface area contributed by atoms with E-state index in [9.17, 15) is 13.2 Å². The smallest absolute Gasteiger partial charge is 0.411 e. The fraction of sp³-hybridized carbons (Fsp3) is 0.462. The normalized spacial score (nSPS) is 11.0. The van der Waals surface area contributed by atoms with E-state index in [1.807, 2.05) is 0 Å².